The molecule has 0 saturated heterocycles. The standard InChI is InChI=1S/C14H31N/c1-9-10-13(15(7)8)14(5,6)12(4)11(2)3/h11-13H,9-10H2,1-8H3/t12-,13?/m1/s1. The summed E-state index contributed by atoms with van der Waals surface area (Å²) in [6.45, 7) is 14.2. The highest BCUT2D eigenvalue weighted by atomic mass is 15.1. The lowest BCUT2D eigenvalue weighted by molar-refractivity contribution is 0.0513. The number of nitrogens with zero attached hydrogens (tertiary/aromatic N) is 1. The molecule has 0 spiro atoms. The van der Waals surface area contributed by atoms with Crippen molar-refractivity contribution in [3.05, 3.63) is 0 Å². The summed E-state index contributed by atoms with van der Waals surface area (Å²) in [7, 11) is 4.43. The van der Waals surface area contributed by atoms with Crippen LogP contribution in [0.1, 0.15) is 54.4 Å². The first-order valence-electron chi connectivity index (χ1n) is 6.41. The van der Waals surface area contributed by atoms with Crippen molar-refractivity contribution >= 4 is 0 Å². The molecule has 2 atom stereocenters. The molecule has 15 heavy (non-hydrogen) atoms. The first kappa shape index (κ1) is 15.0. The van der Waals surface area contributed by atoms with Gasteiger partial charge in [-0.1, -0.05) is 48.0 Å². The van der Waals surface area contributed by atoms with Crippen LogP contribution in [-0.2, 0) is 0 Å². The molecule has 0 aromatic carbocycles. The lowest BCUT2D eigenvalue weighted by atomic mass is 9.68. The number of rotatable bonds is 6. The Morgan fingerprint density at radius 1 is 1.07 bits per heavy atom. The molecular weight excluding hydrogens is 182 g/mol. The predicted molar refractivity (Wildman–Crippen MR) is 70.2 cm³/mol. The molecule has 0 amide bonds. The van der Waals surface area contributed by atoms with E-state index in [0.717, 1.165) is 11.8 Å². The van der Waals surface area contributed by atoms with Gasteiger partial charge in [0.05, 0.1) is 0 Å². The second-order valence-electron chi connectivity index (χ2n) is 6.12. The van der Waals surface area contributed by atoms with E-state index in [1.54, 1.807) is 0 Å². The van der Waals surface area contributed by atoms with Crippen molar-refractivity contribution in [1.29, 1.82) is 0 Å². The van der Waals surface area contributed by atoms with Crippen LogP contribution >= 0.6 is 0 Å². The van der Waals surface area contributed by atoms with Gasteiger partial charge in [0.15, 0.2) is 0 Å². The summed E-state index contributed by atoms with van der Waals surface area (Å²) in [6, 6.07) is 0.694. The second kappa shape index (κ2) is 5.89. The zero-order valence-corrected chi connectivity index (χ0v) is 12.1. The molecule has 0 aliphatic heterocycles. The summed E-state index contributed by atoms with van der Waals surface area (Å²) in [5, 5.41) is 0. The lowest BCUT2D eigenvalue weighted by Gasteiger charge is -2.44. The Bertz CT molecular complexity index is 170. The summed E-state index contributed by atoms with van der Waals surface area (Å²) in [4.78, 5) is 2.41. The maximum atomic E-state index is 2.43. The molecule has 1 unspecified atom stereocenters. The van der Waals surface area contributed by atoms with E-state index in [1.165, 1.54) is 12.8 Å². The first-order chi connectivity index (χ1) is 6.75. The third-order valence-electron chi connectivity index (χ3n) is 4.22. The summed E-state index contributed by atoms with van der Waals surface area (Å²) < 4.78 is 0. The largest absolute Gasteiger partial charge is 0.306 e. The predicted octanol–water partition coefficient (Wildman–Crippen LogP) is 4.04. The van der Waals surface area contributed by atoms with E-state index in [9.17, 15) is 0 Å². The zero-order chi connectivity index (χ0) is 12.2. The van der Waals surface area contributed by atoms with E-state index in [4.69, 9.17) is 0 Å². The Labute approximate surface area is 97.2 Å². The fourth-order valence-corrected chi connectivity index (χ4v) is 2.73. The van der Waals surface area contributed by atoms with Crippen LogP contribution in [0.2, 0.25) is 0 Å². The fourth-order valence-electron chi connectivity index (χ4n) is 2.73. The average molecular weight is 213 g/mol. The van der Waals surface area contributed by atoms with E-state index in [1.807, 2.05) is 0 Å². The molecule has 0 aliphatic rings. The van der Waals surface area contributed by atoms with Crippen molar-refractivity contribution in [3.63, 3.8) is 0 Å². The van der Waals surface area contributed by atoms with Crippen molar-refractivity contribution in [2.75, 3.05) is 14.1 Å². The van der Waals surface area contributed by atoms with E-state index < -0.39 is 0 Å². The van der Waals surface area contributed by atoms with Crippen molar-refractivity contribution in [2.24, 2.45) is 17.3 Å². The molecule has 0 rings (SSSR count). The van der Waals surface area contributed by atoms with Gasteiger partial charge < -0.3 is 4.90 Å². The summed E-state index contributed by atoms with van der Waals surface area (Å²) >= 11 is 0. The van der Waals surface area contributed by atoms with Gasteiger partial charge in [-0.3, -0.25) is 0 Å². The molecule has 0 heterocycles. The highest BCUT2D eigenvalue weighted by molar-refractivity contribution is 4.88. The molecule has 0 saturated carbocycles. The van der Waals surface area contributed by atoms with Gasteiger partial charge in [-0.25, -0.2) is 0 Å². The minimum atomic E-state index is 0.397. The number of hydrogen-bond donors (Lipinski definition) is 0. The molecule has 0 bridgehead atoms. The van der Waals surface area contributed by atoms with Crippen LogP contribution in [0.3, 0.4) is 0 Å². The fraction of sp³-hybridized carbons (Fsp3) is 1.00. The van der Waals surface area contributed by atoms with Gasteiger partial charge in [-0.15, -0.1) is 0 Å². The topological polar surface area (TPSA) is 3.24 Å². The molecule has 0 fully saturated rings. The maximum Gasteiger partial charge on any atom is 0.0143 e. The van der Waals surface area contributed by atoms with E-state index in [-0.39, 0.29) is 0 Å². The Morgan fingerprint density at radius 3 is 1.80 bits per heavy atom. The van der Waals surface area contributed by atoms with Crippen molar-refractivity contribution < 1.29 is 0 Å². The van der Waals surface area contributed by atoms with Gasteiger partial charge in [0, 0.05) is 6.04 Å². The molecule has 1 nitrogen and oxygen atoms in total. The minimum Gasteiger partial charge on any atom is -0.306 e. The molecule has 0 radical (unpaired) electrons. The lowest BCUT2D eigenvalue weighted by Crippen LogP contribution is -2.46. The Balaban J connectivity index is 4.76. The van der Waals surface area contributed by atoms with Crippen LogP contribution in [0, 0.1) is 17.3 Å². The minimum absolute atomic E-state index is 0.397. The van der Waals surface area contributed by atoms with Crippen LogP contribution < -0.4 is 0 Å². The Morgan fingerprint density at radius 2 is 1.53 bits per heavy atom. The van der Waals surface area contributed by atoms with Crippen molar-refractivity contribution in [1.82, 2.24) is 4.90 Å². The van der Waals surface area contributed by atoms with Crippen LogP contribution in [0.15, 0.2) is 0 Å². The van der Waals surface area contributed by atoms with Crippen LogP contribution in [-0.4, -0.2) is 25.0 Å². The normalized spacial score (nSPS) is 17.2. The van der Waals surface area contributed by atoms with Crippen molar-refractivity contribution in [2.45, 2.75) is 60.4 Å². The SMILES string of the molecule is CCCC(N(C)C)C(C)(C)[C@H](C)C(C)C. The maximum absolute atomic E-state index is 2.43. The molecule has 0 N–H and O–H groups in total. The molecular formula is C14H31N. The number of hydrogen-bond acceptors (Lipinski definition) is 1. The zero-order valence-electron chi connectivity index (χ0n) is 12.1. The van der Waals surface area contributed by atoms with Gasteiger partial charge in [0.25, 0.3) is 0 Å². The summed E-state index contributed by atoms with van der Waals surface area (Å²) in [6.07, 6.45) is 2.58. The third-order valence-corrected chi connectivity index (χ3v) is 4.22. The smallest absolute Gasteiger partial charge is 0.0143 e. The second-order valence-corrected chi connectivity index (χ2v) is 6.12. The average Bonchev–Trinajstić information content (AvgIpc) is 2.11. The Kier molecular flexibility index (Phi) is 5.87. The van der Waals surface area contributed by atoms with E-state index >= 15 is 0 Å². The van der Waals surface area contributed by atoms with Crippen LogP contribution in [0.4, 0.5) is 0 Å². The van der Waals surface area contributed by atoms with Gasteiger partial charge >= 0.3 is 0 Å². The first-order valence-corrected chi connectivity index (χ1v) is 6.41. The van der Waals surface area contributed by atoms with E-state index in [2.05, 4.69) is 60.5 Å². The molecule has 0 aromatic heterocycles. The van der Waals surface area contributed by atoms with Crippen molar-refractivity contribution in [3.8, 4) is 0 Å². The molecule has 1 heteroatoms. The molecule has 92 valence electrons. The summed E-state index contributed by atoms with van der Waals surface area (Å²) in [5.74, 6) is 1.52. The van der Waals surface area contributed by atoms with Gasteiger partial charge in [-0.2, -0.15) is 0 Å². The Hall–Kier alpha value is -0.0400. The van der Waals surface area contributed by atoms with Crippen LogP contribution in [0.5, 0.6) is 0 Å². The van der Waals surface area contributed by atoms with Gasteiger partial charge in [0.2, 0.25) is 0 Å². The third kappa shape index (κ3) is 3.79. The van der Waals surface area contributed by atoms with Gasteiger partial charge in [0.1, 0.15) is 0 Å². The highest BCUT2D eigenvalue weighted by Crippen LogP contribution is 2.38. The van der Waals surface area contributed by atoms with Gasteiger partial charge in [-0.05, 0) is 37.8 Å². The van der Waals surface area contributed by atoms with E-state index in [0.29, 0.717) is 11.5 Å². The van der Waals surface area contributed by atoms with Crippen LogP contribution in [0.25, 0.3) is 0 Å². The monoisotopic (exact) mass is 213 g/mol. The summed E-state index contributed by atoms with van der Waals surface area (Å²) in [5.41, 5.74) is 0.397. The quantitative estimate of drug-likeness (QED) is 0.644. The molecule has 0 aliphatic carbocycles. The highest BCUT2D eigenvalue weighted by Gasteiger charge is 2.36. The molecule has 0 aromatic rings.